The fourth-order valence-corrected chi connectivity index (χ4v) is 1.52. The van der Waals surface area contributed by atoms with Crippen LogP contribution in [-0.2, 0) is 17.5 Å². The zero-order valence-electron chi connectivity index (χ0n) is 10.7. The predicted molar refractivity (Wildman–Crippen MR) is 61.8 cm³/mol. The molecule has 1 amide bonds. The van der Waals surface area contributed by atoms with E-state index in [9.17, 15) is 18.0 Å². The average Bonchev–Trinajstić information content (AvgIpc) is 2.86. The Kier molecular flexibility index (Phi) is 3.51. The van der Waals surface area contributed by atoms with Crippen LogP contribution in [0.25, 0.3) is 0 Å². The molecular weight excluding hydrogens is 277 g/mol. The predicted octanol–water partition coefficient (Wildman–Crippen LogP) is 2.15. The van der Waals surface area contributed by atoms with E-state index in [1.807, 2.05) is 0 Å². The van der Waals surface area contributed by atoms with Crippen molar-refractivity contribution in [2.45, 2.75) is 26.6 Å². The normalized spacial score (nSPS) is 11.7. The number of carbonyl (C=O) groups is 1. The minimum Gasteiger partial charge on any atom is -0.429 e. The number of oxazole rings is 1. The number of amides is 1. The number of aryl methyl sites for hydroxylation is 2. The van der Waals surface area contributed by atoms with Crippen molar-refractivity contribution >= 4 is 11.9 Å². The molecule has 0 spiro atoms. The summed E-state index contributed by atoms with van der Waals surface area (Å²) in [6, 6.07) is 0.871. The Hall–Kier alpha value is -2.32. The van der Waals surface area contributed by atoms with E-state index in [0.29, 0.717) is 5.76 Å². The number of carbonyl (C=O) groups excluding carboxylic acids is 1. The van der Waals surface area contributed by atoms with Crippen LogP contribution in [0.4, 0.5) is 19.2 Å². The first-order valence-electron chi connectivity index (χ1n) is 5.59. The molecule has 2 heterocycles. The Labute approximate surface area is 111 Å². The van der Waals surface area contributed by atoms with Crippen LogP contribution >= 0.6 is 0 Å². The molecule has 6 nitrogen and oxygen atoms in total. The summed E-state index contributed by atoms with van der Waals surface area (Å²) in [4.78, 5) is 15.4. The topological polar surface area (TPSA) is 73.0 Å². The van der Waals surface area contributed by atoms with E-state index in [0.717, 1.165) is 10.7 Å². The molecule has 0 aromatic carbocycles. The highest BCUT2D eigenvalue weighted by molar-refractivity contribution is 5.88. The van der Waals surface area contributed by atoms with Crippen LogP contribution < -0.4 is 5.32 Å². The average molecular weight is 288 g/mol. The van der Waals surface area contributed by atoms with E-state index < -0.39 is 17.8 Å². The van der Waals surface area contributed by atoms with E-state index in [1.54, 1.807) is 6.92 Å². The smallest absolute Gasteiger partial charge is 0.429 e. The highest BCUT2D eigenvalue weighted by Crippen LogP contribution is 2.28. The van der Waals surface area contributed by atoms with E-state index in [4.69, 9.17) is 4.42 Å². The molecule has 0 radical (unpaired) electrons. The Bertz CT molecular complexity index is 630. The first-order valence-corrected chi connectivity index (χ1v) is 5.59. The molecule has 0 aliphatic carbocycles. The van der Waals surface area contributed by atoms with E-state index in [2.05, 4.69) is 15.4 Å². The first kappa shape index (κ1) is 14.1. The molecule has 0 fully saturated rings. The Morgan fingerprint density at radius 2 is 2.15 bits per heavy atom. The van der Waals surface area contributed by atoms with Gasteiger partial charge in [0.25, 0.3) is 0 Å². The summed E-state index contributed by atoms with van der Waals surface area (Å²) in [6.45, 7) is 2.73. The van der Waals surface area contributed by atoms with Crippen molar-refractivity contribution in [3.8, 4) is 0 Å². The number of alkyl halides is 3. The van der Waals surface area contributed by atoms with E-state index >= 15 is 0 Å². The van der Waals surface area contributed by atoms with Gasteiger partial charge in [-0.15, -0.1) is 0 Å². The molecule has 2 rings (SSSR count). The zero-order chi connectivity index (χ0) is 14.9. The highest BCUT2D eigenvalue weighted by Gasteiger charge is 2.34. The maximum atomic E-state index is 12.5. The Balaban J connectivity index is 2.06. The first-order chi connectivity index (χ1) is 9.25. The lowest BCUT2D eigenvalue weighted by Crippen LogP contribution is -2.21. The van der Waals surface area contributed by atoms with Gasteiger partial charge in [0.1, 0.15) is 12.3 Å². The van der Waals surface area contributed by atoms with Gasteiger partial charge < -0.3 is 4.42 Å². The molecule has 2 aromatic rings. The van der Waals surface area contributed by atoms with E-state index in [1.165, 1.54) is 13.1 Å². The number of rotatable bonds is 3. The van der Waals surface area contributed by atoms with Crippen molar-refractivity contribution in [1.29, 1.82) is 0 Å². The number of nitrogens with one attached hydrogen (secondary N) is 1. The second-order valence-corrected chi connectivity index (χ2v) is 4.15. The van der Waals surface area contributed by atoms with Gasteiger partial charge in [0.2, 0.25) is 5.91 Å². The minimum absolute atomic E-state index is 0.00615. The standard InChI is InChI=1S/C11H11F3N4O2/c1-6-3-8(11(12,13)14)17-18(6)5-9(19)16-10-15-4-7(2)20-10/h3-4H,5H2,1-2H3,(H,15,16,19). The van der Waals surface area contributed by atoms with Gasteiger partial charge in [-0.2, -0.15) is 18.3 Å². The van der Waals surface area contributed by atoms with Gasteiger partial charge in [-0.1, -0.05) is 0 Å². The second kappa shape index (κ2) is 4.99. The van der Waals surface area contributed by atoms with Crippen molar-refractivity contribution in [2.75, 3.05) is 5.32 Å². The van der Waals surface area contributed by atoms with Crippen LogP contribution in [0, 0.1) is 13.8 Å². The summed E-state index contributed by atoms with van der Waals surface area (Å²) < 4.78 is 43.4. The summed E-state index contributed by atoms with van der Waals surface area (Å²) in [6.07, 6.45) is -3.12. The Morgan fingerprint density at radius 3 is 2.65 bits per heavy atom. The summed E-state index contributed by atoms with van der Waals surface area (Å²) in [5.41, 5.74) is -0.800. The molecule has 0 aliphatic heterocycles. The highest BCUT2D eigenvalue weighted by atomic mass is 19.4. The van der Waals surface area contributed by atoms with Gasteiger partial charge in [-0.05, 0) is 19.9 Å². The van der Waals surface area contributed by atoms with Gasteiger partial charge in [-0.3, -0.25) is 14.8 Å². The fraction of sp³-hybridized carbons (Fsp3) is 0.364. The van der Waals surface area contributed by atoms with Gasteiger partial charge in [-0.25, -0.2) is 4.98 Å². The van der Waals surface area contributed by atoms with Crippen LogP contribution in [0.3, 0.4) is 0 Å². The number of anilines is 1. The Morgan fingerprint density at radius 1 is 1.45 bits per heavy atom. The molecule has 1 N–H and O–H groups in total. The van der Waals surface area contributed by atoms with Crippen LogP contribution in [0.2, 0.25) is 0 Å². The summed E-state index contributed by atoms with van der Waals surface area (Å²) in [7, 11) is 0. The minimum atomic E-state index is -4.54. The summed E-state index contributed by atoms with van der Waals surface area (Å²) in [5, 5.41) is 5.68. The van der Waals surface area contributed by atoms with Gasteiger partial charge in [0, 0.05) is 5.69 Å². The molecule has 0 saturated heterocycles. The molecular formula is C11H11F3N4O2. The number of halogens is 3. The second-order valence-electron chi connectivity index (χ2n) is 4.15. The van der Waals surface area contributed by atoms with Crippen LogP contribution in [0.15, 0.2) is 16.7 Å². The largest absolute Gasteiger partial charge is 0.435 e. The van der Waals surface area contributed by atoms with Gasteiger partial charge in [0.15, 0.2) is 5.69 Å². The molecule has 2 aromatic heterocycles. The lowest BCUT2D eigenvalue weighted by molar-refractivity contribution is -0.141. The van der Waals surface area contributed by atoms with Crippen LogP contribution in [-0.4, -0.2) is 20.7 Å². The van der Waals surface area contributed by atoms with Gasteiger partial charge in [0.05, 0.1) is 6.20 Å². The molecule has 0 atom stereocenters. The maximum Gasteiger partial charge on any atom is 0.435 e. The molecule has 9 heteroatoms. The quantitative estimate of drug-likeness (QED) is 0.939. The maximum absolute atomic E-state index is 12.5. The van der Waals surface area contributed by atoms with Crippen LogP contribution in [0.1, 0.15) is 17.1 Å². The zero-order valence-corrected chi connectivity index (χ0v) is 10.7. The van der Waals surface area contributed by atoms with Crippen LogP contribution in [0.5, 0.6) is 0 Å². The van der Waals surface area contributed by atoms with E-state index in [-0.39, 0.29) is 18.3 Å². The fourth-order valence-electron chi connectivity index (χ4n) is 1.52. The number of nitrogens with zero attached hydrogens (tertiary/aromatic N) is 3. The molecule has 0 bridgehead atoms. The molecule has 20 heavy (non-hydrogen) atoms. The lowest BCUT2D eigenvalue weighted by Gasteiger charge is -2.04. The SMILES string of the molecule is Cc1cnc(NC(=O)Cn2nc(C(F)(F)F)cc2C)o1. The van der Waals surface area contributed by atoms with Crippen molar-refractivity contribution < 1.29 is 22.4 Å². The number of hydrogen-bond donors (Lipinski definition) is 1. The molecule has 0 unspecified atom stereocenters. The number of aromatic nitrogens is 3. The monoisotopic (exact) mass is 288 g/mol. The number of hydrogen-bond acceptors (Lipinski definition) is 4. The summed E-state index contributed by atoms with van der Waals surface area (Å²) in [5.74, 6) is -0.0679. The van der Waals surface area contributed by atoms with Crippen molar-refractivity contribution in [3.63, 3.8) is 0 Å². The van der Waals surface area contributed by atoms with Gasteiger partial charge >= 0.3 is 12.2 Å². The molecule has 0 aliphatic rings. The molecule has 0 saturated carbocycles. The molecule has 108 valence electrons. The third kappa shape index (κ3) is 3.16. The third-order valence-corrected chi connectivity index (χ3v) is 2.43. The van der Waals surface area contributed by atoms with Crippen molar-refractivity contribution in [2.24, 2.45) is 0 Å². The van der Waals surface area contributed by atoms with Crippen molar-refractivity contribution in [3.05, 3.63) is 29.4 Å². The third-order valence-electron chi connectivity index (χ3n) is 2.43. The van der Waals surface area contributed by atoms with Crippen molar-refractivity contribution in [1.82, 2.24) is 14.8 Å². The summed E-state index contributed by atoms with van der Waals surface area (Å²) >= 11 is 0. The lowest BCUT2D eigenvalue weighted by atomic mass is 10.3.